The lowest BCUT2D eigenvalue weighted by Gasteiger charge is -2.31. The van der Waals surface area contributed by atoms with Gasteiger partial charge in [0.15, 0.2) is 5.16 Å². The van der Waals surface area contributed by atoms with E-state index >= 15 is 0 Å². The van der Waals surface area contributed by atoms with E-state index in [-0.39, 0.29) is 6.61 Å². The summed E-state index contributed by atoms with van der Waals surface area (Å²) in [5, 5.41) is 10.9. The van der Waals surface area contributed by atoms with Crippen LogP contribution >= 0.6 is 11.8 Å². The SMILES string of the molecule is CC1CCC(Sc2ncc(CO)n2C)CC1C. The molecule has 0 amide bonds. The van der Waals surface area contributed by atoms with Crippen LogP contribution < -0.4 is 0 Å². The van der Waals surface area contributed by atoms with E-state index in [0.29, 0.717) is 5.25 Å². The molecule has 1 aliphatic carbocycles. The van der Waals surface area contributed by atoms with Gasteiger partial charge in [0.25, 0.3) is 0 Å². The minimum absolute atomic E-state index is 0.0716. The molecule has 3 atom stereocenters. The number of aliphatic hydroxyl groups excluding tert-OH is 1. The molecule has 3 nitrogen and oxygen atoms in total. The third kappa shape index (κ3) is 2.86. The average Bonchev–Trinajstić information content (AvgIpc) is 2.65. The van der Waals surface area contributed by atoms with Crippen molar-refractivity contribution in [3.05, 3.63) is 11.9 Å². The normalized spacial score (nSPS) is 29.5. The van der Waals surface area contributed by atoms with E-state index in [2.05, 4.69) is 18.8 Å². The van der Waals surface area contributed by atoms with E-state index in [0.717, 1.165) is 22.7 Å². The maximum atomic E-state index is 9.14. The molecule has 0 aromatic carbocycles. The third-order valence-corrected chi connectivity index (χ3v) is 5.38. The number of rotatable bonds is 3. The number of hydrogen-bond acceptors (Lipinski definition) is 3. The fraction of sp³-hybridized carbons (Fsp3) is 0.769. The Labute approximate surface area is 108 Å². The Balaban J connectivity index is 1.99. The van der Waals surface area contributed by atoms with Crippen LogP contribution in [-0.4, -0.2) is 19.9 Å². The fourth-order valence-electron chi connectivity index (χ4n) is 2.44. The molecule has 1 aliphatic rings. The first-order chi connectivity index (χ1) is 8.11. The fourth-order valence-corrected chi connectivity index (χ4v) is 3.78. The van der Waals surface area contributed by atoms with Crippen LogP contribution in [0.5, 0.6) is 0 Å². The molecule has 1 saturated carbocycles. The number of aliphatic hydroxyl groups is 1. The van der Waals surface area contributed by atoms with Crippen LogP contribution in [0.15, 0.2) is 11.4 Å². The monoisotopic (exact) mass is 254 g/mol. The van der Waals surface area contributed by atoms with E-state index in [1.54, 1.807) is 6.20 Å². The van der Waals surface area contributed by atoms with Crippen LogP contribution in [0.3, 0.4) is 0 Å². The number of imidazole rings is 1. The maximum absolute atomic E-state index is 9.14. The summed E-state index contributed by atoms with van der Waals surface area (Å²) < 4.78 is 2.01. The molecule has 0 bridgehead atoms. The molecule has 0 radical (unpaired) electrons. The number of aromatic nitrogens is 2. The lowest BCUT2D eigenvalue weighted by Crippen LogP contribution is -2.22. The van der Waals surface area contributed by atoms with Crippen molar-refractivity contribution in [3.8, 4) is 0 Å². The lowest BCUT2D eigenvalue weighted by molar-refractivity contribution is 0.271. The van der Waals surface area contributed by atoms with Crippen molar-refractivity contribution in [2.75, 3.05) is 0 Å². The summed E-state index contributed by atoms with van der Waals surface area (Å²) >= 11 is 1.87. The van der Waals surface area contributed by atoms with E-state index in [1.165, 1.54) is 19.3 Å². The first kappa shape index (κ1) is 13.0. The highest BCUT2D eigenvalue weighted by molar-refractivity contribution is 7.99. The predicted octanol–water partition coefficient (Wildman–Crippen LogP) is 2.83. The topological polar surface area (TPSA) is 38.1 Å². The second kappa shape index (κ2) is 5.44. The first-order valence-corrected chi connectivity index (χ1v) is 7.28. The molecule has 3 unspecified atom stereocenters. The molecule has 0 saturated heterocycles. The maximum Gasteiger partial charge on any atom is 0.168 e. The quantitative estimate of drug-likeness (QED) is 0.901. The van der Waals surface area contributed by atoms with Gasteiger partial charge in [-0.15, -0.1) is 0 Å². The summed E-state index contributed by atoms with van der Waals surface area (Å²) in [5.41, 5.74) is 0.893. The van der Waals surface area contributed by atoms with Gasteiger partial charge < -0.3 is 9.67 Å². The van der Waals surface area contributed by atoms with Crippen LogP contribution in [0.2, 0.25) is 0 Å². The van der Waals surface area contributed by atoms with Crippen molar-refractivity contribution >= 4 is 11.8 Å². The van der Waals surface area contributed by atoms with Gasteiger partial charge in [0.2, 0.25) is 0 Å². The molecule has 1 heterocycles. The molecular weight excluding hydrogens is 232 g/mol. The van der Waals surface area contributed by atoms with Crippen molar-refractivity contribution < 1.29 is 5.11 Å². The van der Waals surface area contributed by atoms with Gasteiger partial charge in [0, 0.05) is 12.3 Å². The summed E-state index contributed by atoms with van der Waals surface area (Å²) in [4.78, 5) is 4.39. The first-order valence-electron chi connectivity index (χ1n) is 6.40. The highest BCUT2D eigenvalue weighted by atomic mass is 32.2. The van der Waals surface area contributed by atoms with Crippen LogP contribution in [-0.2, 0) is 13.7 Å². The van der Waals surface area contributed by atoms with Gasteiger partial charge in [0.1, 0.15) is 0 Å². The Kier molecular flexibility index (Phi) is 4.15. The average molecular weight is 254 g/mol. The zero-order valence-electron chi connectivity index (χ0n) is 10.9. The van der Waals surface area contributed by atoms with Crippen LogP contribution in [0, 0.1) is 11.8 Å². The molecule has 1 fully saturated rings. The highest BCUT2D eigenvalue weighted by Gasteiger charge is 2.26. The lowest BCUT2D eigenvalue weighted by atomic mass is 9.81. The molecule has 17 heavy (non-hydrogen) atoms. The second-order valence-electron chi connectivity index (χ2n) is 5.26. The Bertz CT molecular complexity index is 377. The predicted molar refractivity (Wildman–Crippen MR) is 71.0 cm³/mol. The zero-order chi connectivity index (χ0) is 12.4. The van der Waals surface area contributed by atoms with Gasteiger partial charge >= 0.3 is 0 Å². The number of thioether (sulfide) groups is 1. The summed E-state index contributed by atoms with van der Waals surface area (Å²) in [7, 11) is 1.98. The standard InChI is InChI=1S/C13H22N2OS/c1-9-4-5-12(6-10(9)2)17-13-14-7-11(8-16)15(13)3/h7,9-10,12,16H,4-6,8H2,1-3H3. The van der Waals surface area contributed by atoms with Gasteiger partial charge in [0.05, 0.1) is 18.5 Å². The van der Waals surface area contributed by atoms with Crippen LogP contribution in [0.4, 0.5) is 0 Å². The molecular formula is C13H22N2OS. The van der Waals surface area contributed by atoms with Crippen molar-refractivity contribution in [2.45, 2.75) is 50.1 Å². The van der Waals surface area contributed by atoms with Gasteiger partial charge in [-0.25, -0.2) is 4.98 Å². The minimum Gasteiger partial charge on any atom is -0.390 e. The molecule has 2 rings (SSSR count). The van der Waals surface area contributed by atoms with E-state index < -0.39 is 0 Å². The minimum atomic E-state index is 0.0716. The summed E-state index contributed by atoms with van der Waals surface area (Å²) in [6, 6.07) is 0. The highest BCUT2D eigenvalue weighted by Crippen LogP contribution is 2.38. The molecule has 0 spiro atoms. The Hall–Kier alpha value is -0.480. The number of hydrogen-bond donors (Lipinski definition) is 1. The second-order valence-corrected chi connectivity index (χ2v) is 6.52. The summed E-state index contributed by atoms with van der Waals surface area (Å²) in [6.07, 6.45) is 5.68. The zero-order valence-corrected chi connectivity index (χ0v) is 11.7. The molecule has 4 heteroatoms. The molecule has 0 aliphatic heterocycles. The Morgan fingerprint density at radius 2 is 2.18 bits per heavy atom. The van der Waals surface area contributed by atoms with E-state index in [9.17, 15) is 0 Å². The molecule has 96 valence electrons. The Morgan fingerprint density at radius 1 is 1.41 bits per heavy atom. The van der Waals surface area contributed by atoms with Crippen molar-refractivity contribution in [2.24, 2.45) is 18.9 Å². The van der Waals surface area contributed by atoms with Crippen molar-refractivity contribution in [3.63, 3.8) is 0 Å². The van der Waals surface area contributed by atoms with Gasteiger partial charge in [-0.05, 0) is 31.1 Å². The van der Waals surface area contributed by atoms with Gasteiger partial charge in [-0.1, -0.05) is 25.6 Å². The molecule has 1 N–H and O–H groups in total. The summed E-state index contributed by atoms with van der Waals surface area (Å²) in [5.74, 6) is 1.68. The van der Waals surface area contributed by atoms with Crippen LogP contribution in [0.25, 0.3) is 0 Å². The Morgan fingerprint density at radius 3 is 2.76 bits per heavy atom. The smallest absolute Gasteiger partial charge is 0.168 e. The van der Waals surface area contributed by atoms with E-state index in [1.807, 2.05) is 23.4 Å². The largest absolute Gasteiger partial charge is 0.390 e. The van der Waals surface area contributed by atoms with E-state index in [4.69, 9.17) is 5.11 Å². The molecule has 1 aromatic rings. The number of nitrogens with zero attached hydrogens (tertiary/aromatic N) is 2. The van der Waals surface area contributed by atoms with Crippen molar-refractivity contribution in [1.82, 2.24) is 9.55 Å². The van der Waals surface area contributed by atoms with Gasteiger partial charge in [-0.2, -0.15) is 0 Å². The third-order valence-electron chi connectivity index (χ3n) is 4.03. The summed E-state index contributed by atoms with van der Waals surface area (Å²) in [6.45, 7) is 4.79. The van der Waals surface area contributed by atoms with Gasteiger partial charge in [-0.3, -0.25) is 0 Å². The molecule has 1 aromatic heterocycles. The van der Waals surface area contributed by atoms with Crippen molar-refractivity contribution in [1.29, 1.82) is 0 Å². The van der Waals surface area contributed by atoms with Crippen LogP contribution in [0.1, 0.15) is 38.8 Å².